The SMILES string of the molecule is CC(C)NCC(O)COc1ccccc1C#N.Cl. The molecule has 1 rings (SSSR count). The van der Waals surface area contributed by atoms with Gasteiger partial charge in [0.25, 0.3) is 0 Å². The topological polar surface area (TPSA) is 65.3 Å². The largest absolute Gasteiger partial charge is 0.489 e. The number of nitrogens with zero attached hydrogens (tertiary/aromatic N) is 1. The predicted octanol–water partition coefficient (Wildman–Crippen LogP) is 1.72. The van der Waals surface area contributed by atoms with E-state index in [2.05, 4.69) is 5.32 Å². The summed E-state index contributed by atoms with van der Waals surface area (Å²) in [5, 5.41) is 21.6. The fourth-order valence-corrected chi connectivity index (χ4v) is 1.30. The number of rotatable bonds is 6. The van der Waals surface area contributed by atoms with Crippen molar-refractivity contribution in [2.45, 2.75) is 26.0 Å². The zero-order chi connectivity index (χ0) is 12.7. The summed E-state index contributed by atoms with van der Waals surface area (Å²) in [4.78, 5) is 0. The van der Waals surface area contributed by atoms with Gasteiger partial charge in [-0.15, -0.1) is 12.4 Å². The summed E-state index contributed by atoms with van der Waals surface area (Å²) in [7, 11) is 0. The lowest BCUT2D eigenvalue weighted by atomic mass is 10.2. The molecule has 18 heavy (non-hydrogen) atoms. The average molecular weight is 271 g/mol. The highest BCUT2D eigenvalue weighted by molar-refractivity contribution is 5.85. The molecule has 0 fully saturated rings. The van der Waals surface area contributed by atoms with E-state index in [1.807, 2.05) is 19.9 Å². The van der Waals surface area contributed by atoms with Crippen molar-refractivity contribution >= 4 is 12.4 Å². The molecule has 0 aliphatic carbocycles. The van der Waals surface area contributed by atoms with Crippen LogP contribution in [-0.2, 0) is 0 Å². The van der Waals surface area contributed by atoms with Gasteiger partial charge < -0.3 is 15.2 Å². The van der Waals surface area contributed by atoms with Crippen LogP contribution in [0.2, 0.25) is 0 Å². The Balaban J connectivity index is 0.00000289. The number of halogens is 1. The van der Waals surface area contributed by atoms with Crippen LogP contribution in [0.3, 0.4) is 0 Å². The van der Waals surface area contributed by atoms with E-state index in [1.54, 1.807) is 24.3 Å². The Morgan fingerprint density at radius 3 is 2.67 bits per heavy atom. The van der Waals surface area contributed by atoms with Crippen molar-refractivity contribution < 1.29 is 9.84 Å². The maximum atomic E-state index is 9.65. The van der Waals surface area contributed by atoms with Crippen LogP contribution in [0.15, 0.2) is 24.3 Å². The number of aliphatic hydroxyl groups is 1. The van der Waals surface area contributed by atoms with Gasteiger partial charge in [-0.05, 0) is 12.1 Å². The van der Waals surface area contributed by atoms with Gasteiger partial charge in [0.1, 0.15) is 24.5 Å². The lowest BCUT2D eigenvalue weighted by Gasteiger charge is -2.15. The summed E-state index contributed by atoms with van der Waals surface area (Å²) in [6.45, 7) is 4.68. The highest BCUT2D eigenvalue weighted by Gasteiger charge is 2.07. The number of hydrogen-bond donors (Lipinski definition) is 2. The molecule has 4 nitrogen and oxygen atoms in total. The van der Waals surface area contributed by atoms with Crippen LogP contribution in [0.1, 0.15) is 19.4 Å². The molecule has 0 saturated carbocycles. The van der Waals surface area contributed by atoms with E-state index >= 15 is 0 Å². The van der Waals surface area contributed by atoms with Gasteiger partial charge in [0.15, 0.2) is 0 Å². The number of para-hydroxylation sites is 1. The van der Waals surface area contributed by atoms with Gasteiger partial charge in [-0.2, -0.15) is 5.26 Å². The Labute approximate surface area is 114 Å². The zero-order valence-corrected chi connectivity index (χ0v) is 11.4. The van der Waals surface area contributed by atoms with E-state index in [-0.39, 0.29) is 19.0 Å². The van der Waals surface area contributed by atoms with Crippen molar-refractivity contribution in [2.24, 2.45) is 0 Å². The molecule has 2 N–H and O–H groups in total. The molecule has 0 radical (unpaired) electrons. The molecule has 0 bridgehead atoms. The van der Waals surface area contributed by atoms with Crippen molar-refractivity contribution in [2.75, 3.05) is 13.2 Å². The second-order valence-corrected chi connectivity index (χ2v) is 4.14. The van der Waals surface area contributed by atoms with E-state index in [9.17, 15) is 5.11 Å². The van der Waals surface area contributed by atoms with Crippen LogP contribution < -0.4 is 10.1 Å². The monoisotopic (exact) mass is 270 g/mol. The third-order valence-electron chi connectivity index (χ3n) is 2.20. The Hall–Kier alpha value is -1.28. The van der Waals surface area contributed by atoms with Crippen LogP contribution in [0, 0.1) is 11.3 Å². The predicted molar refractivity (Wildman–Crippen MR) is 73.0 cm³/mol. The molecule has 0 aliphatic heterocycles. The van der Waals surface area contributed by atoms with Crippen LogP contribution in [-0.4, -0.2) is 30.4 Å². The molecular formula is C13H19ClN2O2. The zero-order valence-electron chi connectivity index (χ0n) is 10.6. The summed E-state index contributed by atoms with van der Waals surface area (Å²) < 4.78 is 5.41. The molecular weight excluding hydrogens is 252 g/mol. The van der Waals surface area contributed by atoms with Crippen LogP contribution in [0.25, 0.3) is 0 Å². The molecule has 0 aliphatic rings. The van der Waals surface area contributed by atoms with E-state index in [4.69, 9.17) is 10.00 Å². The molecule has 5 heteroatoms. The number of hydrogen-bond acceptors (Lipinski definition) is 4. The first kappa shape index (κ1) is 16.7. The lowest BCUT2D eigenvalue weighted by molar-refractivity contribution is 0.104. The smallest absolute Gasteiger partial charge is 0.137 e. The second kappa shape index (κ2) is 8.76. The molecule has 100 valence electrons. The highest BCUT2D eigenvalue weighted by atomic mass is 35.5. The van der Waals surface area contributed by atoms with E-state index in [0.717, 1.165) is 0 Å². The third kappa shape index (κ3) is 5.87. The first-order valence-corrected chi connectivity index (χ1v) is 5.67. The number of nitriles is 1. The maximum Gasteiger partial charge on any atom is 0.137 e. The summed E-state index contributed by atoms with van der Waals surface area (Å²) in [6, 6.07) is 9.37. The van der Waals surface area contributed by atoms with E-state index in [0.29, 0.717) is 23.9 Å². The Bertz CT molecular complexity index is 391. The first-order valence-electron chi connectivity index (χ1n) is 5.67. The third-order valence-corrected chi connectivity index (χ3v) is 2.20. The molecule has 1 unspecified atom stereocenters. The Kier molecular flexibility index (Phi) is 8.14. The summed E-state index contributed by atoms with van der Waals surface area (Å²) >= 11 is 0. The maximum absolute atomic E-state index is 9.65. The van der Waals surface area contributed by atoms with Gasteiger partial charge in [-0.3, -0.25) is 0 Å². The van der Waals surface area contributed by atoms with Crippen molar-refractivity contribution in [1.82, 2.24) is 5.32 Å². The Morgan fingerprint density at radius 1 is 1.39 bits per heavy atom. The molecule has 0 spiro atoms. The summed E-state index contributed by atoms with van der Waals surface area (Å²) in [5.74, 6) is 0.513. The van der Waals surface area contributed by atoms with Gasteiger partial charge in [-0.1, -0.05) is 26.0 Å². The molecule has 1 aromatic carbocycles. The highest BCUT2D eigenvalue weighted by Crippen LogP contribution is 2.16. The first-order chi connectivity index (χ1) is 8.13. The summed E-state index contributed by atoms with van der Waals surface area (Å²) in [6.07, 6.45) is -0.579. The van der Waals surface area contributed by atoms with Gasteiger partial charge in [0, 0.05) is 12.6 Å². The number of nitrogens with one attached hydrogen (secondary N) is 1. The van der Waals surface area contributed by atoms with E-state index < -0.39 is 6.10 Å². The number of aliphatic hydroxyl groups excluding tert-OH is 1. The molecule has 0 saturated heterocycles. The number of ether oxygens (including phenoxy) is 1. The van der Waals surface area contributed by atoms with Crippen molar-refractivity contribution in [3.8, 4) is 11.8 Å². The minimum absolute atomic E-state index is 0. The van der Waals surface area contributed by atoms with Crippen LogP contribution in [0.5, 0.6) is 5.75 Å². The number of benzene rings is 1. The molecule has 0 heterocycles. The van der Waals surface area contributed by atoms with Crippen molar-refractivity contribution in [3.63, 3.8) is 0 Å². The lowest BCUT2D eigenvalue weighted by Crippen LogP contribution is -2.35. The van der Waals surface area contributed by atoms with Crippen LogP contribution >= 0.6 is 12.4 Å². The Morgan fingerprint density at radius 2 is 2.06 bits per heavy atom. The second-order valence-electron chi connectivity index (χ2n) is 4.14. The summed E-state index contributed by atoms with van der Waals surface area (Å²) in [5.41, 5.74) is 0.483. The molecule has 0 amide bonds. The average Bonchev–Trinajstić information content (AvgIpc) is 2.34. The van der Waals surface area contributed by atoms with Gasteiger partial charge in [0.2, 0.25) is 0 Å². The minimum atomic E-state index is -0.579. The van der Waals surface area contributed by atoms with Gasteiger partial charge in [-0.25, -0.2) is 0 Å². The minimum Gasteiger partial charge on any atom is -0.489 e. The van der Waals surface area contributed by atoms with Gasteiger partial charge >= 0.3 is 0 Å². The fourth-order valence-electron chi connectivity index (χ4n) is 1.30. The van der Waals surface area contributed by atoms with Gasteiger partial charge in [0.05, 0.1) is 5.56 Å². The van der Waals surface area contributed by atoms with E-state index in [1.165, 1.54) is 0 Å². The standard InChI is InChI=1S/C13H18N2O2.ClH/c1-10(2)15-8-12(16)9-17-13-6-4-3-5-11(13)7-14;/h3-6,10,12,15-16H,8-9H2,1-2H3;1H. The molecule has 1 aromatic rings. The van der Waals surface area contributed by atoms with Crippen LogP contribution in [0.4, 0.5) is 0 Å². The normalized spacial score (nSPS) is 11.5. The molecule has 1 atom stereocenters. The van der Waals surface area contributed by atoms with Crippen molar-refractivity contribution in [1.29, 1.82) is 5.26 Å². The molecule has 0 aromatic heterocycles. The van der Waals surface area contributed by atoms with Crippen molar-refractivity contribution in [3.05, 3.63) is 29.8 Å². The fraction of sp³-hybridized carbons (Fsp3) is 0.462. The quantitative estimate of drug-likeness (QED) is 0.826.